The molecule has 0 atom stereocenters. The lowest BCUT2D eigenvalue weighted by atomic mass is 10.3. The highest BCUT2D eigenvalue weighted by Gasteiger charge is 2.22. The van der Waals surface area contributed by atoms with E-state index in [1.807, 2.05) is 4.90 Å². The molecule has 0 unspecified atom stereocenters. The number of amides is 2. The predicted octanol–water partition coefficient (Wildman–Crippen LogP) is 2.10. The summed E-state index contributed by atoms with van der Waals surface area (Å²) in [6, 6.07) is 2.82. The van der Waals surface area contributed by atoms with Gasteiger partial charge in [0.1, 0.15) is 10.3 Å². The summed E-state index contributed by atoms with van der Waals surface area (Å²) in [5.41, 5.74) is 0.494. The minimum Gasteiger partial charge on any atom is -0.465 e. The number of anilines is 1. The highest BCUT2D eigenvalue weighted by Crippen LogP contribution is 2.19. The van der Waals surface area contributed by atoms with Crippen LogP contribution in [0.2, 0.25) is 10.3 Å². The summed E-state index contributed by atoms with van der Waals surface area (Å²) >= 11 is 11.6. The highest BCUT2D eigenvalue weighted by molar-refractivity contribution is 6.32. The lowest BCUT2D eigenvalue weighted by Gasteiger charge is -2.34. The maximum atomic E-state index is 12.2. The molecule has 0 radical (unpaired) electrons. The molecule has 1 aliphatic heterocycles. The number of aromatic nitrogens is 1. The number of nitrogens with one attached hydrogen (secondary N) is 1. The minimum absolute atomic E-state index is 0.215. The Bertz CT molecular complexity index is 557. The Morgan fingerprint density at radius 1 is 1.22 bits per heavy atom. The van der Waals surface area contributed by atoms with Crippen LogP contribution >= 0.6 is 23.2 Å². The Kier molecular flexibility index (Phi) is 6.44. The van der Waals surface area contributed by atoms with Crippen molar-refractivity contribution in [3.05, 3.63) is 22.4 Å². The molecule has 2 amide bonds. The number of ether oxygens (including phenoxy) is 1. The Balaban J connectivity index is 1.82. The summed E-state index contributed by atoms with van der Waals surface area (Å²) < 4.78 is 4.92. The maximum Gasteiger partial charge on any atom is 0.321 e. The van der Waals surface area contributed by atoms with E-state index in [0.717, 1.165) is 0 Å². The Hall–Kier alpha value is -1.57. The van der Waals surface area contributed by atoms with Gasteiger partial charge >= 0.3 is 12.0 Å². The molecule has 7 nitrogen and oxygen atoms in total. The fourth-order valence-electron chi connectivity index (χ4n) is 2.24. The van der Waals surface area contributed by atoms with Crippen LogP contribution in [0.5, 0.6) is 0 Å². The van der Waals surface area contributed by atoms with Crippen LogP contribution in [0.15, 0.2) is 12.1 Å². The average Bonchev–Trinajstić information content (AvgIpc) is 2.47. The lowest BCUT2D eigenvalue weighted by molar-refractivity contribution is -0.144. The molecule has 1 aromatic rings. The van der Waals surface area contributed by atoms with Crippen molar-refractivity contribution < 1.29 is 14.3 Å². The number of nitrogens with zero attached hydrogens (tertiary/aromatic N) is 3. The molecular weight excluding hydrogens is 343 g/mol. The molecule has 0 aliphatic carbocycles. The van der Waals surface area contributed by atoms with Crippen molar-refractivity contribution in [3.63, 3.8) is 0 Å². The van der Waals surface area contributed by atoms with E-state index < -0.39 is 0 Å². The normalized spacial score (nSPS) is 15.3. The van der Waals surface area contributed by atoms with Gasteiger partial charge in [0.05, 0.1) is 13.2 Å². The fraction of sp³-hybridized carbons (Fsp3) is 0.500. The predicted molar refractivity (Wildman–Crippen MR) is 87.9 cm³/mol. The van der Waals surface area contributed by atoms with Crippen molar-refractivity contribution in [2.45, 2.75) is 6.92 Å². The number of hydrogen-bond acceptors (Lipinski definition) is 5. The minimum atomic E-state index is -0.244. The van der Waals surface area contributed by atoms with Crippen molar-refractivity contribution in [2.75, 3.05) is 44.6 Å². The monoisotopic (exact) mass is 360 g/mol. The van der Waals surface area contributed by atoms with Crippen molar-refractivity contribution in [2.24, 2.45) is 0 Å². The van der Waals surface area contributed by atoms with E-state index >= 15 is 0 Å². The maximum absolute atomic E-state index is 12.2. The van der Waals surface area contributed by atoms with Gasteiger partial charge in [-0.2, -0.15) is 0 Å². The molecule has 2 heterocycles. The number of esters is 1. The molecule has 9 heteroatoms. The van der Waals surface area contributed by atoms with E-state index in [-0.39, 0.29) is 28.9 Å². The van der Waals surface area contributed by atoms with Crippen LogP contribution in [0.1, 0.15) is 6.92 Å². The number of carbonyl (C=O) groups is 2. The van der Waals surface area contributed by atoms with E-state index in [4.69, 9.17) is 27.9 Å². The summed E-state index contributed by atoms with van der Waals surface area (Å²) in [5, 5.41) is 3.17. The molecule has 2 rings (SSSR count). The van der Waals surface area contributed by atoms with Crippen molar-refractivity contribution in [3.8, 4) is 0 Å². The van der Waals surface area contributed by atoms with Gasteiger partial charge in [-0.1, -0.05) is 23.2 Å². The van der Waals surface area contributed by atoms with E-state index in [9.17, 15) is 9.59 Å². The number of halogens is 2. The quantitative estimate of drug-likeness (QED) is 0.657. The van der Waals surface area contributed by atoms with Crippen LogP contribution in [-0.2, 0) is 9.53 Å². The molecule has 1 saturated heterocycles. The third-order valence-corrected chi connectivity index (χ3v) is 3.72. The van der Waals surface area contributed by atoms with E-state index in [1.165, 1.54) is 12.1 Å². The van der Waals surface area contributed by atoms with Crippen molar-refractivity contribution in [1.82, 2.24) is 14.8 Å². The highest BCUT2D eigenvalue weighted by atomic mass is 35.5. The molecule has 23 heavy (non-hydrogen) atoms. The summed E-state index contributed by atoms with van der Waals surface area (Å²) in [4.78, 5) is 31.1. The zero-order chi connectivity index (χ0) is 16.8. The third-order valence-electron chi connectivity index (χ3n) is 3.33. The molecule has 0 saturated carbocycles. The van der Waals surface area contributed by atoms with Gasteiger partial charge in [-0.3, -0.25) is 9.69 Å². The third kappa shape index (κ3) is 5.53. The van der Waals surface area contributed by atoms with Gasteiger partial charge < -0.3 is 15.0 Å². The molecular formula is C14H18Cl2N4O3. The number of pyridine rings is 1. The standard InChI is InChI=1S/C14H18Cl2N4O3/c1-2-23-13(21)9-19-3-5-20(6-4-19)14(22)17-10-7-11(15)18-12(16)8-10/h7-8H,2-6,9H2,1H3,(H,17,18,22). The summed E-state index contributed by atoms with van der Waals surface area (Å²) in [5.74, 6) is -0.244. The van der Waals surface area contributed by atoms with E-state index in [0.29, 0.717) is 38.5 Å². The summed E-state index contributed by atoms with van der Waals surface area (Å²) in [6.07, 6.45) is 0. The molecule has 0 aromatic carbocycles. The van der Waals surface area contributed by atoms with Crippen LogP contribution in [0.4, 0.5) is 10.5 Å². The van der Waals surface area contributed by atoms with Crippen LogP contribution in [0, 0.1) is 0 Å². The van der Waals surface area contributed by atoms with Gasteiger partial charge in [-0.15, -0.1) is 0 Å². The average molecular weight is 361 g/mol. The first-order valence-electron chi connectivity index (χ1n) is 7.25. The van der Waals surface area contributed by atoms with Gasteiger partial charge in [0.2, 0.25) is 0 Å². The molecule has 1 aliphatic rings. The van der Waals surface area contributed by atoms with E-state index in [2.05, 4.69) is 10.3 Å². The van der Waals surface area contributed by atoms with Crippen molar-refractivity contribution in [1.29, 1.82) is 0 Å². The molecule has 0 bridgehead atoms. The SMILES string of the molecule is CCOC(=O)CN1CCN(C(=O)Nc2cc(Cl)nc(Cl)c2)CC1. The first-order chi connectivity index (χ1) is 11.0. The van der Waals surface area contributed by atoms with Gasteiger partial charge in [0, 0.05) is 31.9 Å². The smallest absolute Gasteiger partial charge is 0.321 e. The molecule has 1 aromatic heterocycles. The Labute approximate surface area is 144 Å². The van der Waals surface area contributed by atoms with Crippen molar-refractivity contribution >= 4 is 40.9 Å². The molecule has 1 N–H and O–H groups in total. The van der Waals surface area contributed by atoms with Gasteiger partial charge in [0.15, 0.2) is 0 Å². The van der Waals surface area contributed by atoms with Gasteiger partial charge in [-0.05, 0) is 19.1 Å². The second-order valence-electron chi connectivity index (χ2n) is 5.00. The first kappa shape index (κ1) is 17.8. The number of piperazine rings is 1. The Morgan fingerprint density at radius 2 is 1.83 bits per heavy atom. The molecule has 1 fully saturated rings. The molecule has 126 valence electrons. The van der Waals surface area contributed by atoms with Crippen LogP contribution in [-0.4, -0.2) is 66.1 Å². The second-order valence-corrected chi connectivity index (χ2v) is 5.77. The summed E-state index contributed by atoms with van der Waals surface area (Å²) in [7, 11) is 0. The zero-order valence-corrected chi connectivity index (χ0v) is 14.2. The fourth-order valence-corrected chi connectivity index (χ4v) is 2.70. The number of hydrogen-bond donors (Lipinski definition) is 1. The topological polar surface area (TPSA) is 74.8 Å². The van der Waals surface area contributed by atoms with Gasteiger partial charge in [-0.25, -0.2) is 9.78 Å². The second kappa shape index (κ2) is 8.33. The first-order valence-corrected chi connectivity index (χ1v) is 8.00. The number of rotatable bonds is 4. The largest absolute Gasteiger partial charge is 0.465 e. The summed E-state index contributed by atoms with van der Waals surface area (Å²) in [6.45, 7) is 4.68. The number of carbonyl (C=O) groups excluding carboxylic acids is 2. The lowest BCUT2D eigenvalue weighted by Crippen LogP contribution is -2.51. The van der Waals surface area contributed by atoms with Crippen LogP contribution in [0.25, 0.3) is 0 Å². The van der Waals surface area contributed by atoms with Gasteiger partial charge in [0.25, 0.3) is 0 Å². The van der Waals surface area contributed by atoms with E-state index in [1.54, 1.807) is 11.8 Å². The zero-order valence-electron chi connectivity index (χ0n) is 12.7. The Morgan fingerprint density at radius 3 is 2.39 bits per heavy atom. The van der Waals surface area contributed by atoms with Crippen LogP contribution in [0.3, 0.4) is 0 Å². The van der Waals surface area contributed by atoms with Crippen LogP contribution < -0.4 is 5.32 Å². The molecule has 0 spiro atoms. The number of urea groups is 1.